The largest absolute Gasteiger partial charge is 0.366 e. The number of halogens is 3. The highest BCUT2D eigenvalue weighted by atomic mass is 35.5. The predicted molar refractivity (Wildman–Crippen MR) is 95.4 cm³/mol. The van der Waals surface area contributed by atoms with E-state index < -0.39 is 0 Å². The van der Waals surface area contributed by atoms with Gasteiger partial charge in [0.05, 0.1) is 16.2 Å². The molecule has 1 aromatic heterocycles. The number of benzene rings is 1. The van der Waals surface area contributed by atoms with Gasteiger partial charge in [-0.1, -0.05) is 40.9 Å². The first-order valence-electron chi connectivity index (χ1n) is 7.50. The van der Waals surface area contributed by atoms with E-state index in [1.807, 2.05) is 18.2 Å². The number of piperidine rings is 1. The molecule has 0 amide bonds. The van der Waals surface area contributed by atoms with E-state index in [0.717, 1.165) is 32.5 Å². The molecule has 0 atom stereocenters. The molecule has 1 aliphatic rings. The third kappa shape index (κ3) is 4.48. The summed E-state index contributed by atoms with van der Waals surface area (Å²) in [5, 5.41) is 5.17. The summed E-state index contributed by atoms with van der Waals surface area (Å²) < 4.78 is 0. The van der Waals surface area contributed by atoms with Crippen molar-refractivity contribution in [1.82, 2.24) is 14.9 Å². The number of rotatable bonds is 4. The number of hydrogen-bond acceptors (Lipinski definition) is 4. The van der Waals surface area contributed by atoms with Gasteiger partial charge in [0, 0.05) is 25.7 Å². The van der Waals surface area contributed by atoms with Crippen LogP contribution in [0.1, 0.15) is 18.4 Å². The Balaban J connectivity index is 1.52. The van der Waals surface area contributed by atoms with Crippen molar-refractivity contribution >= 4 is 40.6 Å². The highest BCUT2D eigenvalue weighted by molar-refractivity contribution is 6.42. The number of nitrogens with one attached hydrogen (secondary N) is 1. The minimum absolute atomic E-state index is 0.382. The summed E-state index contributed by atoms with van der Waals surface area (Å²) in [7, 11) is 0. The van der Waals surface area contributed by atoms with Gasteiger partial charge < -0.3 is 5.32 Å². The second-order valence-electron chi connectivity index (χ2n) is 5.66. The number of likely N-dealkylation sites (tertiary alicyclic amines) is 1. The summed E-state index contributed by atoms with van der Waals surface area (Å²) in [6, 6.07) is 6.20. The van der Waals surface area contributed by atoms with Crippen molar-refractivity contribution < 1.29 is 0 Å². The Hall–Kier alpha value is -1.07. The lowest BCUT2D eigenvalue weighted by atomic mass is 10.0. The van der Waals surface area contributed by atoms with Crippen LogP contribution in [0.5, 0.6) is 0 Å². The summed E-state index contributed by atoms with van der Waals surface area (Å²) in [6.45, 7) is 2.92. The molecular weight excluding hydrogens is 355 g/mol. The molecule has 122 valence electrons. The molecule has 0 bridgehead atoms. The Morgan fingerprint density at radius 1 is 1.09 bits per heavy atom. The van der Waals surface area contributed by atoms with Crippen LogP contribution in [0, 0.1) is 0 Å². The molecule has 0 unspecified atom stereocenters. The minimum Gasteiger partial charge on any atom is -0.366 e. The second-order valence-corrected chi connectivity index (χ2v) is 6.88. The first kappa shape index (κ1) is 16.8. The molecule has 1 aromatic carbocycles. The molecule has 1 saturated heterocycles. The number of anilines is 1. The van der Waals surface area contributed by atoms with E-state index in [0.29, 0.717) is 26.9 Å². The smallest absolute Gasteiger partial charge is 0.148 e. The third-order valence-electron chi connectivity index (χ3n) is 3.99. The molecule has 0 spiro atoms. The fraction of sp³-hybridized carbons (Fsp3) is 0.375. The minimum atomic E-state index is 0.382. The molecule has 7 heteroatoms. The normalized spacial score (nSPS) is 16.5. The van der Waals surface area contributed by atoms with Crippen LogP contribution < -0.4 is 5.32 Å². The highest BCUT2D eigenvalue weighted by Gasteiger charge is 2.20. The number of hydrogen-bond donors (Lipinski definition) is 1. The van der Waals surface area contributed by atoms with Gasteiger partial charge in [0.1, 0.15) is 17.2 Å². The van der Waals surface area contributed by atoms with E-state index in [-0.39, 0.29) is 0 Å². The van der Waals surface area contributed by atoms with E-state index >= 15 is 0 Å². The van der Waals surface area contributed by atoms with Gasteiger partial charge in [-0.05, 0) is 30.5 Å². The summed E-state index contributed by atoms with van der Waals surface area (Å²) in [5.74, 6) is 0.713. The van der Waals surface area contributed by atoms with E-state index in [1.54, 1.807) is 6.20 Å². The average Bonchev–Trinajstić information content (AvgIpc) is 2.55. The Morgan fingerprint density at radius 2 is 1.87 bits per heavy atom. The summed E-state index contributed by atoms with van der Waals surface area (Å²) >= 11 is 18.1. The lowest BCUT2D eigenvalue weighted by Gasteiger charge is -2.32. The Kier molecular flexibility index (Phi) is 5.59. The number of aromatic nitrogens is 2. The molecule has 1 aliphatic heterocycles. The topological polar surface area (TPSA) is 41.0 Å². The molecule has 4 nitrogen and oxygen atoms in total. The van der Waals surface area contributed by atoms with E-state index in [1.165, 1.54) is 11.9 Å². The van der Waals surface area contributed by atoms with Crippen LogP contribution in [-0.4, -0.2) is 34.0 Å². The lowest BCUT2D eigenvalue weighted by molar-refractivity contribution is 0.211. The van der Waals surface area contributed by atoms with Crippen molar-refractivity contribution in [2.45, 2.75) is 25.4 Å². The summed E-state index contributed by atoms with van der Waals surface area (Å²) in [4.78, 5) is 10.5. The SMILES string of the molecule is Clc1ccc(CN2CCC(Nc3ncncc3Cl)CC2)cc1Cl. The maximum absolute atomic E-state index is 6.09. The van der Waals surface area contributed by atoms with E-state index in [9.17, 15) is 0 Å². The van der Waals surface area contributed by atoms with Crippen molar-refractivity contribution in [3.63, 3.8) is 0 Å². The standard InChI is InChI=1S/C16H17Cl3N4/c17-13-2-1-11(7-14(13)18)9-23-5-3-12(4-6-23)22-16-15(19)8-20-10-21-16/h1-2,7-8,10,12H,3-6,9H2,(H,20,21,22). The van der Waals surface area contributed by atoms with Crippen LogP contribution in [0.15, 0.2) is 30.7 Å². The lowest BCUT2D eigenvalue weighted by Crippen LogP contribution is -2.38. The molecule has 0 aliphatic carbocycles. The molecule has 3 rings (SSSR count). The average molecular weight is 372 g/mol. The predicted octanol–water partition coefficient (Wildman–Crippen LogP) is 4.51. The fourth-order valence-electron chi connectivity index (χ4n) is 2.74. The maximum Gasteiger partial charge on any atom is 0.148 e. The van der Waals surface area contributed by atoms with E-state index in [2.05, 4.69) is 20.2 Å². The highest BCUT2D eigenvalue weighted by Crippen LogP contribution is 2.25. The van der Waals surface area contributed by atoms with Crippen molar-refractivity contribution in [1.29, 1.82) is 0 Å². The van der Waals surface area contributed by atoms with Gasteiger partial charge >= 0.3 is 0 Å². The summed E-state index contributed by atoms with van der Waals surface area (Å²) in [6.07, 6.45) is 5.20. The van der Waals surface area contributed by atoms with E-state index in [4.69, 9.17) is 34.8 Å². The Bertz CT molecular complexity index is 672. The molecule has 2 heterocycles. The van der Waals surface area contributed by atoms with Crippen LogP contribution in [-0.2, 0) is 6.54 Å². The van der Waals surface area contributed by atoms with Gasteiger partial charge in [0.2, 0.25) is 0 Å². The van der Waals surface area contributed by atoms with Gasteiger partial charge in [-0.3, -0.25) is 4.90 Å². The molecule has 0 saturated carbocycles. The maximum atomic E-state index is 6.09. The van der Waals surface area contributed by atoms with Crippen LogP contribution in [0.25, 0.3) is 0 Å². The zero-order valence-electron chi connectivity index (χ0n) is 12.5. The van der Waals surface area contributed by atoms with Crippen LogP contribution in [0.2, 0.25) is 15.1 Å². The first-order valence-corrected chi connectivity index (χ1v) is 8.63. The van der Waals surface area contributed by atoms with Crippen LogP contribution in [0.4, 0.5) is 5.82 Å². The molecule has 1 N–H and O–H groups in total. The van der Waals surface area contributed by atoms with Crippen LogP contribution in [0.3, 0.4) is 0 Å². The van der Waals surface area contributed by atoms with Gasteiger partial charge in [-0.15, -0.1) is 0 Å². The quantitative estimate of drug-likeness (QED) is 0.858. The Labute approximate surface area is 150 Å². The molecule has 1 fully saturated rings. The number of nitrogens with zero attached hydrogens (tertiary/aromatic N) is 3. The molecule has 0 radical (unpaired) electrons. The zero-order valence-corrected chi connectivity index (χ0v) is 14.7. The van der Waals surface area contributed by atoms with Gasteiger partial charge in [0.25, 0.3) is 0 Å². The Morgan fingerprint density at radius 3 is 2.57 bits per heavy atom. The van der Waals surface area contributed by atoms with Crippen molar-refractivity contribution in [2.24, 2.45) is 0 Å². The molecular formula is C16H17Cl3N4. The monoisotopic (exact) mass is 370 g/mol. The second kappa shape index (κ2) is 7.67. The molecule has 2 aromatic rings. The summed E-state index contributed by atoms with van der Waals surface area (Å²) in [5.41, 5.74) is 1.18. The fourth-order valence-corrected chi connectivity index (χ4v) is 3.22. The van der Waals surface area contributed by atoms with Gasteiger partial charge in [-0.25, -0.2) is 9.97 Å². The van der Waals surface area contributed by atoms with Gasteiger partial charge in [-0.2, -0.15) is 0 Å². The van der Waals surface area contributed by atoms with Crippen molar-refractivity contribution in [2.75, 3.05) is 18.4 Å². The van der Waals surface area contributed by atoms with Crippen molar-refractivity contribution in [3.8, 4) is 0 Å². The van der Waals surface area contributed by atoms with Gasteiger partial charge in [0.15, 0.2) is 0 Å². The zero-order chi connectivity index (χ0) is 16.2. The third-order valence-corrected chi connectivity index (χ3v) is 5.00. The van der Waals surface area contributed by atoms with Crippen molar-refractivity contribution in [3.05, 3.63) is 51.4 Å². The molecule has 23 heavy (non-hydrogen) atoms. The van der Waals surface area contributed by atoms with Crippen LogP contribution >= 0.6 is 34.8 Å². The first-order chi connectivity index (χ1) is 11.1.